The number of aryl methyl sites for hydroxylation is 1. The Labute approximate surface area is 117 Å². The summed E-state index contributed by atoms with van der Waals surface area (Å²) in [6.45, 7) is 0. The molecule has 1 N–H and O–H groups in total. The molecule has 1 aliphatic carbocycles. The van der Waals surface area contributed by atoms with E-state index >= 15 is 0 Å². The molecular formula is C17H15NO2. The Morgan fingerprint density at radius 3 is 2.50 bits per heavy atom. The molecule has 0 radical (unpaired) electrons. The van der Waals surface area contributed by atoms with Gasteiger partial charge in [0.15, 0.2) is 5.78 Å². The summed E-state index contributed by atoms with van der Waals surface area (Å²) in [6, 6.07) is 16.8. The number of para-hydroxylation sites is 1. The molecular weight excluding hydrogens is 250 g/mol. The zero-order valence-electron chi connectivity index (χ0n) is 11.0. The van der Waals surface area contributed by atoms with Gasteiger partial charge in [-0.3, -0.25) is 9.59 Å². The molecule has 0 saturated carbocycles. The lowest BCUT2D eigenvalue weighted by Gasteiger charge is -2.22. The molecule has 100 valence electrons. The van der Waals surface area contributed by atoms with Crippen LogP contribution in [0, 0.1) is 5.92 Å². The Morgan fingerprint density at radius 2 is 1.70 bits per heavy atom. The van der Waals surface area contributed by atoms with Crippen LogP contribution in [0.15, 0.2) is 54.6 Å². The minimum absolute atomic E-state index is 0.0692. The number of fused-ring (bicyclic) bond motifs is 1. The standard InChI is InChI=1S/C17H15NO2/c19-16-14-9-5-4-6-12(14)10-11-15(16)17(20)18-13-7-2-1-3-8-13/h1-9,15H,10-11H2,(H,18,20). The van der Waals surface area contributed by atoms with Crippen molar-refractivity contribution in [2.75, 3.05) is 5.32 Å². The Balaban J connectivity index is 1.79. The first kappa shape index (κ1) is 12.6. The molecule has 0 aromatic heterocycles. The maximum absolute atomic E-state index is 12.4. The average molecular weight is 265 g/mol. The van der Waals surface area contributed by atoms with E-state index in [-0.39, 0.29) is 11.7 Å². The fourth-order valence-corrected chi connectivity index (χ4v) is 2.60. The highest BCUT2D eigenvalue weighted by Crippen LogP contribution is 2.26. The smallest absolute Gasteiger partial charge is 0.235 e. The van der Waals surface area contributed by atoms with Crippen molar-refractivity contribution in [3.8, 4) is 0 Å². The second-order valence-electron chi connectivity index (χ2n) is 4.97. The largest absolute Gasteiger partial charge is 0.325 e. The van der Waals surface area contributed by atoms with Crippen molar-refractivity contribution >= 4 is 17.4 Å². The summed E-state index contributed by atoms with van der Waals surface area (Å²) in [7, 11) is 0. The van der Waals surface area contributed by atoms with E-state index in [1.165, 1.54) is 0 Å². The number of hydrogen-bond donors (Lipinski definition) is 1. The number of carbonyl (C=O) groups excluding carboxylic acids is 2. The van der Waals surface area contributed by atoms with Crippen LogP contribution < -0.4 is 5.32 Å². The summed E-state index contributed by atoms with van der Waals surface area (Å²) < 4.78 is 0. The van der Waals surface area contributed by atoms with Crippen molar-refractivity contribution in [1.82, 2.24) is 0 Å². The maximum Gasteiger partial charge on any atom is 0.235 e. The molecule has 2 aromatic rings. The normalized spacial score (nSPS) is 17.4. The second-order valence-corrected chi connectivity index (χ2v) is 4.97. The highest BCUT2D eigenvalue weighted by Gasteiger charge is 2.32. The van der Waals surface area contributed by atoms with Crippen LogP contribution in [0.5, 0.6) is 0 Å². The topological polar surface area (TPSA) is 46.2 Å². The molecule has 3 heteroatoms. The predicted molar refractivity (Wildman–Crippen MR) is 77.7 cm³/mol. The molecule has 0 bridgehead atoms. The van der Waals surface area contributed by atoms with Crippen LogP contribution >= 0.6 is 0 Å². The number of carbonyl (C=O) groups is 2. The van der Waals surface area contributed by atoms with Crippen LogP contribution in [0.2, 0.25) is 0 Å². The van der Waals surface area contributed by atoms with Gasteiger partial charge in [0.2, 0.25) is 5.91 Å². The van der Waals surface area contributed by atoms with Crippen molar-refractivity contribution in [1.29, 1.82) is 0 Å². The number of Topliss-reactive ketones (excluding diaryl/α,β-unsaturated/α-hetero) is 1. The number of hydrogen-bond acceptors (Lipinski definition) is 2. The van der Waals surface area contributed by atoms with Crippen LogP contribution in [0.4, 0.5) is 5.69 Å². The van der Waals surface area contributed by atoms with Crippen LogP contribution in [0.25, 0.3) is 0 Å². The SMILES string of the molecule is O=C(Nc1ccccc1)C1CCc2ccccc2C1=O. The van der Waals surface area contributed by atoms with Gasteiger partial charge < -0.3 is 5.32 Å². The van der Waals surface area contributed by atoms with Crippen molar-refractivity contribution in [3.63, 3.8) is 0 Å². The number of anilines is 1. The third kappa shape index (κ3) is 2.35. The van der Waals surface area contributed by atoms with Crippen LogP contribution in [0.1, 0.15) is 22.3 Å². The highest BCUT2D eigenvalue weighted by atomic mass is 16.2. The van der Waals surface area contributed by atoms with Crippen molar-refractivity contribution in [3.05, 3.63) is 65.7 Å². The average Bonchev–Trinajstić information content (AvgIpc) is 2.49. The Bertz CT molecular complexity index is 649. The van der Waals surface area contributed by atoms with Gasteiger partial charge in [-0.1, -0.05) is 42.5 Å². The second kappa shape index (κ2) is 5.29. The summed E-state index contributed by atoms with van der Waals surface area (Å²) in [6.07, 6.45) is 1.35. The van der Waals surface area contributed by atoms with Gasteiger partial charge in [-0.15, -0.1) is 0 Å². The van der Waals surface area contributed by atoms with Crippen molar-refractivity contribution < 1.29 is 9.59 Å². The number of nitrogens with one attached hydrogen (secondary N) is 1. The maximum atomic E-state index is 12.4. The van der Waals surface area contributed by atoms with Gasteiger partial charge in [-0.2, -0.15) is 0 Å². The van der Waals surface area contributed by atoms with E-state index in [0.29, 0.717) is 12.0 Å². The zero-order chi connectivity index (χ0) is 13.9. The molecule has 0 fully saturated rings. The van der Waals surface area contributed by atoms with Crippen LogP contribution in [-0.2, 0) is 11.2 Å². The molecule has 1 amide bonds. The zero-order valence-corrected chi connectivity index (χ0v) is 11.0. The molecule has 1 aliphatic rings. The highest BCUT2D eigenvalue weighted by molar-refractivity contribution is 6.14. The molecule has 1 atom stereocenters. The summed E-state index contributed by atoms with van der Waals surface area (Å²) in [5.41, 5.74) is 2.46. The summed E-state index contributed by atoms with van der Waals surface area (Å²) in [5.74, 6) is -0.860. The molecule has 20 heavy (non-hydrogen) atoms. The molecule has 0 spiro atoms. The van der Waals surface area contributed by atoms with E-state index in [1.807, 2.05) is 48.5 Å². The van der Waals surface area contributed by atoms with Gasteiger partial charge in [0.1, 0.15) is 5.92 Å². The molecule has 0 heterocycles. The van der Waals surface area contributed by atoms with E-state index in [9.17, 15) is 9.59 Å². The molecule has 3 nitrogen and oxygen atoms in total. The lowest BCUT2D eigenvalue weighted by Crippen LogP contribution is -2.33. The first-order valence-corrected chi connectivity index (χ1v) is 6.74. The monoisotopic (exact) mass is 265 g/mol. The molecule has 1 unspecified atom stereocenters. The lowest BCUT2D eigenvalue weighted by atomic mass is 9.82. The van der Waals surface area contributed by atoms with Gasteiger partial charge in [0.05, 0.1) is 0 Å². The Kier molecular flexibility index (Phi) is 3.33. The summed E-state index contributed by atoms with van der Waals surface area (Å²) in [5, 5.41) is 2.81. The molecule has 3 rings (SSSR count). The number of ketones is 1. The van der Waals surface area contributed by atoms with Crippen LogP contribution in [-0.4, -0.2) is 11.7 Å². The number of benzene rings is 2. The first-order valence-electron chi connectivity index (χ1n) is 6.74. The molecule has 0 aliphatic heterocycles. The van der Waals surface area contributed by atoms with Gasteiger partial charge in [0.25, 0.3) is 0 Å². The third-order valence-electron chi connectivity index (χ3n) is 3.66. The predicted octanol–water partition coefficient (Wildman–Crippen LogP) is 3.07. The Morgan fingerprint density at radius 1 is 1.00 bits per heavy atom. The van der Waals surface area contributed by atoms with E-state index < -0.39 is 5.92 Å². The quantitative estimate of drug-likeness (QED) is 0.848. The van der Waals surface area contributed by atoms with E-state index in [4.69, 9.17) is 0 Å². The minimum atomic E-state index is -0.579. The van der Waals surface area contributed by atoms with E-state index in [2.05, 4.69) is 5.32 Å². The van der Waals surface area contributed by atoms with Gasteiger partial charge in [0, 0.05) is 11.3 Å². The van der Waals surface area contributed by atoms with Gasteiger partial charge in [-0.25, -0.2) is 0 Å². The fraction of sp³-hybridized carbons (Fsp3) is 0.176. The molecule has 0 saturated heterocycles. The third-order valence-corrected chi connectivity index (χ3v) is 3.66. The van der Waals surface area contributed by atoms with Crippen molar-refractivity contribution in [2.24, 2.45) is 5.92 Å². The van der Waals surface area contributed by atoms with E-state index in [1.54, 1.807) is 6.07 Å². The first-order chi connectivity index (χ1) is 9.75. The summed E-state index contributed by atoms with van der Waals surface area (Å²) >= 11 is 0. The fourth-order valence-electron chi connectivity index (χ4n) is 2.60. The van der Waals surface area contributed by atoms with E-state index in [0.717, 1.165) is 17.7 Å². The number of rotatable bonds is 2. The lowest BCUT2D eigenvalue weighted by molar-refractivity contribution is -0.118. The summed E-state index contributed by atoms with van der Waals surface area (Å²) in [4.78, 5) is 24.6. The van der Waals surface area contributed by atoms with Gasteiger partial charge in [-0.05, 0) is 30.5 Å². The molecule has 2 aromatic carbocycles. The van der Waals surface area contributed by atoms with Crippen molar-refractivity contribution in [2.45, 2.75) is 12.8 Å². The minimum Gasteiger partial charge on any atom is -0.325 e. The number of amides is 1. The Hall–Kier alpha value is -2.42. The van der Waals surface area contributed by atoms with Gasteiger partial charge >= 0.3 is 0 Å². The van der Waals surface area contributed by atoms with Crippen LogP contribution in [0.3, 0.4) is 0 Å².